The van der Waals surface area contributed by atoms with Crippen LogP contribution in [0.5, 0.6) is 0 Å². The van der Waals surface area contributed by atoms with Gasteiger partial charge in [-0.1, -0.05) is 0 Å². The lowest BCUT2D eigenvalue weighted by Gasteiger charge is -2.36. The highest BCUT2D eigenvalue weighted by Crippen LogP contribution is 2.31. The summed E-state index contributed by atoms with van der Waals surface area (Å²) in [5.41, 5.74) is 0.0509. The Morgan fingerprint density at radius 3 is 2.49 bits per heavy atom. The summed E-state index contributed by atoms with van der Waals surface area (Å²) in [6.07, 6.45) is 0.753. The normalized spacial score (nSPS) is 17.1. The molecule has 0 aliphatic carbocycles. The number of aromatic nitrogens is 1. The molecule has 0 bridgehead atoms. The maximum Gasteiger partial charge on any atom is 0.414 e. The van der Waals surface area contributed by atoms with Crippen LogP contribution in [0.15, 0.2) is 36.7 Å². The summed E-state index contributed by atoms with van der Waals surface area (Å²) < 4.78 is 40.1. The van der Waals surface area contributed by atoms with Crippen LogP contribution in [-0.4, -0.2) is 92.4 Å². The van der Waals surface area contributed by atoms with Crippen molar-refractivity contribution in [3.05, 3.63) is 53.9 Å². The second-order valence-electron chi connectivity index (χ2n) is 8.77. The van der Waals surface area contributed by atoms with Gasteiger partial charge in [-0.2, -0.15) is 0 Å². The molecule has 208 valence electrons. The van der Waals surface area contributed by atoms with Crippen molar-refractivity contribution in [1.29, 1.82) is 0 Å². The molecule has 1 aromatic carbocycles. The first kappa shape index (κ1) is 27.5. The Labute approximate surface area is 222 Å². The fourth-order valence-corrected chi connectivity index (χ4v) is 4.27. The summed E-state index contributed by atoms with van der Waals surface area (Å²) in [4.78, 5) is 56.3. The van der Waals surface area contributed by atoms with Crippen LogP contribution in [0.1, 0.15) is 17.3 Å². The number of carbonyl (C=O) groups excluding carboxylic acids is 4. The molecule has 39 heavy (non-hydrogen) atoms. The minimum atomic E-state index is -0.866. The fraction of sp³-hybridized carbons (Fsp3) is 0.400. The average Bonchev–Trinajstić information content (AvgIpc) is 3.31. The average molecular weight is 547 g/mol. The SMILES string of the molecule is CCOC(=O)NC[C@H]1CN(c2cc(F)c(N3CCN(C(=O)CNC(=O)c4cccnc4)CC3)c(F)c2)C(=O)O1. The molecule has 14 heteroatoms. The molecule has 12 nitrogen and oxygen atoms in total. The third-order valence-electron chi connectivity index (χ3n) is 6.21. The number of hydrogen-bond donors (Lipinski definition) is 2. The van der Waals surface area contributed by atoms with E-state index in [1.807, 2.05) is 0 Å². The predicted octanol–water partition coefficient (Wildman–Crippen LogP) is 1.51. The quantitative estimate of drug-likeness (QED) is 0.509. The largest absolute Gasteiger partial charge is 0.450 e. The second-order valence-corrected chi connectivity index (χ2v) is 8.77. The van der Waals surface area contributed by atoms with Crippen molar-refractivity contribution in [3.63, 3.8) is 0 Å². The van der Waals surface area contributed by atoms with Crippen LogP contribution in [0, 0.1) is 11.6 Å². The van der Waals surface area contributed by atoms with Gasteiger partial charge in [-0.15, -0.1) is 0 Å². The number of cyclic esters (lactones) is 1. The van der Waals surface area contributed by atoms with Crippen molar-refractivity contribution < 1.29 is 37.4 Å². The zero-order valence-corrected chi connectivity index (χ0v) is 21.2. The van der Waals surface area contributed by atoms with Gasteiger partial charge in [0.2, 0.25) is 5.91 Å². The van der Waals surface area contributed by atoms with Crippen LogP contribution < -0.4 is 20.4 Å². The molecule has 4 rings (SSSR count). The predicted molar refractivity (Wildman–Crippen MR) is 134 cm³/mol. The van der Waals surface area contributed by atoms with Gasteiger partial charge < -0.3 is 29.9 Å². The van der Waals surface area contributed by atoms with Gasteiger partial charge in [-0.3, -0.25) is 19.5 Å². The summed E-state index contributed by atoms with van der Waals surface area (Å²) in [5, 5.41) is 5.00. The summed E-state index contributed by atoms with van der Waals surface area (Å²) in [5.74, 6) is -2.48. The first-order valence-electron chi connectivity index (χ1n) is 12.4. The van der Waals surface area contributed by atoms with E-state index < -0.39 is 35.8 Å². The molecule has 3 heterocycles. The fourth-order valence-electron chi connectivity index (χ4n) is 4.27. The number of rotatable bonds is 8. The van der Waals surface area contributed by atoms with Crippen LogP contribution in [0.2, 0.25) is 0 Å². The van der Waals surface area contributed by atoms with E-state index in [9.17, 15) is 19.2 Å². The molecule has 2 N–H and O–H groups in total. The molecular formula is C25H28F2N6O6. The molecule has 0 spiro atoms. The van der Waals surface area contributed by atoms with Gasteiger partial charge in [-0.05, 0) is 19.1 Å². The Bertz CT molecular complexity index is 1200. The monoisotopic (exact) mass is 546 g/mol. The molecule has 2 aromatic rings. The van der Waals surface area contributed by atoms with Crippen molar-refractivity contribution in [3.8, 4) is 0 Å². The van der Waals surface area contributed by atoms with Gasteiger partial charge in [0.25, 0.3) is 5.91 Å². The van der Waals surface area contributed by atoms with Crippen LogP contribution in [0.4, 0.5) is 29.7 Å². The minimum absolute atomic E-state index is 0.0123. The van der Waals surface area contributed by atoms with Crippen LogP contribution in [-0.2, 0) is 14.3 Å². The van der Waals surface area contributed by atoms with E-state index in [1.165, 1.54) is 22.2 Å². The Balaban J connectivity index is 1.31. The van der Waals surface area contributed by atoms with E-state index in [0.29, 0.717) is 5.56 Å². The van der Waals surface area contributed by atoms with Crippen molar-refractivity contribution in [2.45, 2.75) is 13.0 Å². The zero-order valence-electron chi connectivity index (χ0n) is 21.2. The molecule has 2 saturated heterocycles. The molecule has 4 amide bonds. The molecule has 0 saturated carbocycles. The lowest BCUT2D eigenvalue weighted by molar-refractivity contribution is -0.130. The third-order valence-corrected chi connectivity index (χ3v) is 6.21. The molecule has 1 atom stereocenters. The van der Waals surface area contributed by atoms with E-state index in [1.54, 1.807) is 19.1 Å². The maximum atomic E-state index is 15.1. The molecule has 0 radical (unpaired) electrons. The Morgan fingerprint density at radius 2 is 1.85 bits per heavy atom. The number of piperazine rings is 1. The summed E-state index contributed by atoms with van der Waals surface area (Å²) in [6, 6.07) is 5.29. The summed E-state index contributed by atoms with van der Waals surface area (Å²) >= 11 is 0. The highest BCUT2D eigenvalue weighted by Gasteiger charge is 2.34. The van der Waals surface area contributed by atoms with Crippen molar-refractivity contribution in [2.24, 2.45) is 0 Å². The van der Waals surface area contributed by atoms with Gasteiger partial charge in [0.1, 0.15) is 11.8 Å². The third kappa shape index (κ3) is 6.69. The minimum Gasteiger partial charge on any atom is -0.450 e. The van der Waals surface area contributed by atoms with Gasteiger partial charge in [0, 0.05) is 50.7 Å². The number of nitrogens with one attached hydrogen (secondary N) is 2. The van der Waals surface area contributed by atoms with E-state index >= 15 is 8.78 Å². The van der Waals surface area contributed by atoms with Gasteiger partial charge in [0.15, 0.2) is 11.6 Å². The standard InChI is InChI=1S/C25H28F2N6O6/c1-2-38-24(36)30-13-18-15-33(25(37)39-18)17-10-19(26)22(20(27)11-17)32-8-6-31(7-9-32)21(34)14-29-23(35)16-4-3-5-28-12-16/h3-5,10-12,18H,2,6-9,13-15H2,1H3,(H,29,35)(H,30,36)/t18-/m0/s1. The highest BCUT2D eigenvalue weighted by atomic mass is 19.1. The van der Waals surface area contributed by atoms with Gasteiger partial charge in [0.05, 0.1) is 37.5 Å². The van der Waals surface area contributed by atoms with Crippen LogP contribution in [0.3, 0.4) is 0 Å². The maximum absolute atomic E-state index is 15.1. The van der Waals surface area contributed by atoms with E-state index in [-0.39, 0.29) is 69.7 Å². The summed E-state index contributed by atoms with van der Waals surface area (Å²) in [6.45, 7) is 2.34. The van der Waals surface area contributed by atoms with Crippen molar-refractivity contribution in [2.75, 3.05) is 62.2 Å². The first-order chi connectivity index (χ1) is 18.8. The van der Waals surface area contributed by atoms with Gasteiger partial charge >= 0.3 is 12.2 Å². The summed E-state index contributed by atoms with van der Waals surface area (Å²) in [7, 11) is 0. The smallest absolute Gasteiger partial charge is 0.414 e. The Morgan fingerprint density at radius 1 is 1.13 bits per heavy atom. The number of nitrogens with zero attached hydrogens (tertiary/aromatic N) is 4. The van der Waals surface area contributed by atoms with E-state index in [4.69, 9.17) is 9.47 Å². The highest BCUT2D eigenvalue weighted by molar-refractivity contribution is 5.96. The topological polar surface area (TPSA) is 133 Å². The Kier molecular flexibility index (Phi) is 8.74. The number of anilines is 2. The lowest BCUT2D eigenvalue weighted by atomic mass is 10.2. The lowest BCUT2D eigenvalue weighted by Crippen LogP contribution is -2.51. The number of halogens is 2. The second kappa shape index (κ2) is 12.4. The molecule has 1 aromatic heterocycles. The van der Waals surface area contributed by atoms with Crippen molar-refractivity contribution >= 4 is 35.4 Å². The van der Waals surface area contributed by atoms with Gasteiger partial charge in [-0.25, -0.2) is 18.4 Å². The number of pyridine rings is 1. The van der Waals surface area contributed by atoms with Crippen molar-refractivity contribution in [1.82, 2.24) is 20.5 Å². The Hall–Kier alpha value is -4.49. The van der Waals surface area contributed by atoms with Crippen LogP contribution in [0.25, 0.3) is 0 Å². The number of carbonyl (C=O) groups is 4. The number of hydrogen-bond acceptors (Lipinski definition) is 8. The zero-order chi connectivity index (χ0) is 27.9. The first-order valence-corrected chi connectivity index (χ1v) is 12.4. The van der Waals surface area contributed by atoms with E-state index in [0.717, 1.165) is 17.0 Å². The van der Waals surface area contributed by atoms with E-state index in [2.05, 4.69) is 15.6 Å². The number of alkyl carbamates (subject to hydrolysis) is 1. The molecule has 2 aliphatic rings. The number of benzene rings is 1. The number of ether oxygens (including phenoxy) is 2. The number of amides is 4. The van der Waals surface area contributed by atoms with Crippen LogP contribution >= 0.6 is 0 Å². The molecule has 0 unspecified atom stereocenters. The molecule has 2 fully saturated rings. The molecular weight excluding hydrogens is 518 g/mol. The molecule has 2 aliphatic heterocycles.